The van der Waals surface area contributed by atoms with Crippen molar-refractivity contribution in [1.29, 1.82) is 0 Å². The van der Waals surface area contributed by atoms with Crippen molar-refractivity contribution in [2.24, 2.45) is 0 Å². The molecule has 0 unspecified atom stereocenters. The predicted octanol–water partition coefficient (Wildman–Crippen LogP) is 4.23. The SMILES string of the molecule is ClCc1ccc2ccn(SI)c2c1. The summed E-state index contributed by atoms with van der Waals surface area (Å²) in [5.74, 6) is 0.576. The van der Waals surface area contributed by atoms with Crippen molar-refractivity contribution in [2.45, 2.75) is 5.88 Å². The molecule has 0 aliphatic carbocycles. The average Bonchev–Trinajstić information content (AvgIpc) is 2.59. The van der Waals surface area contributed by atoms with Gasteiger partial charge in [0, 0.05) is 47.8 Å². The Balaban J connectivity index is 2.64. The third-order valence-corrected chi connectivity index (χ3v) is 4.00. The third-order valence-electron chi connectivity index (χ3n) is 1.95. The van der Waals surface area contributed by atoms with E-state index in [-0.39, 0.29) is 0 Å². The molecule has 0 saturated heterocycles. The van der Waals surface area contributed by atoms with Gasteiger partial charge in [-0.3, -0.25) is 3.97 Å². The quantitative estimate of drug-likeness (QED) is 0.591. The molecule has 4 heteroatoms. The van der Waals surface area contributed by atoms with Gasteiger partial charge in [0.1, 0.15) is 0 Å². The molecule has 0 radical (unpaired) electrons. The monoisotopic (exact) mass is 323 g/mol. The minimum absolute atomic E-state index is 0.576. The zero-order valence-corrected chi connectivity index (χ0v) is 10.4. The van der Waals surface area contributed by atoms with Crippen LogP contribution in [-0.2, 0) is 5.88 Å². The number of rotatable bonds is 2. The highest BCUT2D eigenvalue weighted by Crippen LogP contribution is 2.25. The number of aromatic nitrogens is 1. The van der Waals surface area contributed by atoms with Crippen LogP contribution >= 0.6 is 41.9 Å². The molecule has 0 fully saturated rings. The summed E-state index contributed by atoms with van der Waals surface area (Å²) in [7, 11) is 1.67. The Labute approximate surface area is 98.2 Å². The van der Waals surface area contributed by atoms with E-state index in [0.29, 0.717) is 5.88 Å². The molecule has 0 spiro atoms. The molecule has 1 aromatic heterocycles. The second-order valence-corrected chi connectivity index (χ2v) is 4.72. The van der Waals surface area contributed by atoms with E-state index in [2.05, 4.69) is 55.6 Å². The Bertz CT molecular complexity index is 426. The molecule has 68 valence electrons. The molecule has 0 aliphatic heterocycles. The lowest BCUT2D eigenvalue weighted by Crippen LogP contribution is -1.81. The first-order valence-electron chi connectivity index (χ1n) is 3.80. The largest absolute Gasteiger partial charge is 0.283 e. The molecule has 2 rings (SSSR count). The van der Waals surface area contributed by atoms with E-state index >= 15 is 0 Å². The van der Waals surface area contributed by atoms with Gasteiger partial charge in [-0.05, 0) is 17.7 Å². The van der Waals surface area contributed by atoms with E-state index in [9.17, 15) is 0 Å². The Kier molecular flexibility index (Phi) is 3.06. The summed E-state index contributed by atoms with van der Waals surface area (Å²) < 4.78 is 2.13. The van der Waals surface area contributed by atoms with Crippen molar-refractivity contribution >= 4 is 52.8 Å². The van der Waals surface area contributed by atoms with E-state index in [4.69, 9.17) is 11.6 Å². The summed E-state index contributed by atoms with van der Waals surface area (Å²) in [6, 6.07) is 8.42. The molecule has 0 aliphatic rings. The first-order chi connectivity index (χ1) is 6.35. The van der Waals surface area contributed by atoms with Gasteiger partial charge < -0.3 is 0 Å². The molecule has 0 saturated carbocycles. The van der Waals surface area contributed by atoms with Crippen molar-refractivity contribution in [3.05, 3.63) is 36.0 Å². The first-order valence-corrected chi connectivity index (χ1v) is 7.65. The molecule has 1 aromatic carbocycles. The topological polar surface area (TPSA) is 4.93 Å². The molecule has 1 nitrogen and oxygen atoms in total. The molecule has 2 aromatic rings. The minimum atomic E-state index is 0.576. The first kappa shape index (κ1) is 9.68. The van der Waals surface area contributed by atoms with Crippen LogP contribution in [0.3, 0.4) is 0 Å². The van der Waals surface area contributed by atoms with Gasteiger partial charge in [0.15, 0.2) is 0 Å². The van der Waals surface area contributed by atoms with Gasteiger partial charge in [-0.1, -0.05) is 12.1 Å². The maximum Gasteiger partial charge on any atom is 0.0601 e. The fraction of sp³-hybridized carbons (Fsp3) is 0.111. The lowest BCUT2D eigenvalue weighted by molar-refractivity contribution is 1.34. The molecule has 13 heavy (non-hydrogen) atoms. The van der Waals surface area contributed by atoms with Gasteiger partial charge >= 0.3 is 0 Å². The molecular weight excluding hydrogens is 317 g/mol. The van der Waals surface area contributed by atoms with Crippen LogP contribution in [0.1, 0.15) is 5.56 Å². The van der Waals surface area contributed by atoms with E-state index in [1.165, 1.54) is 16.5 Å². The Morgan fingerprint density at radius 3 is 2.92 bits per heavy atom. The van der Waals surface area contributed by atoms with E-state index in [1.807, 2.05) is 0 Å². The van der Waals surface area contributed by atoms with Crippen LogP contribution in [0.5, 0.6) is 0 Å². The Morgan fingerprint density at radius 2 is 2.23 bits per heavy atom. The number of halogens is 2. The zero-order valence-electron chi connectivity index (χ0n) is 6.71. The fourth-order valence-electron chi connectivity index (χ4n) is 1.29. The normalized spacial score (nSPS) is 10.9. The lowest BCUT2D eigenvalue weighted by atomic mass is 10.2. The summed E-state index contributed by atoms with van der Waals surface area (Å²) in [5, 5.41) is 1.26. The Morgan fingerprint density at radius 1 is 1.38 bits per heavy atom. The van der Waals surface area contributed by atoms with Crippen LogP contribution in [0.2, 0.25) is 0 Å². The fourth-order valence-corrected chi connectivity index (χ4v) is 2.83. The second-order valence-electron chi connectivity index (χ2n) is 2.74. The molecule has 0 N–H and O–H groups in total. The minimum Gasteiger partial charge on any atom is -0.283 e. The van der Waals surface area contributed by atoms with Crippen LogP contribution < -0.4 is 0 Å². The van der Waals surface area contributed by atoms with Gasteiger partial charge in [-0.25, -0.2) is 0 Å². The second kappa shape index (κ2) is 4.11. The highest BCUT2D eigenvalue weighted by molar-refractivity contribution is 14.2. The van der Waals surface area contributed by atoms with Crippen LogP contribution in [0.15, 0.2) is 30.5 Å². The summed E-state index contributed by atoms with van der Waals surface area (Å²) in [5.41, 5.74) is 2.40. The highest BCUT2D eigenvalue weighted by Gasteiger charge is 2.00. The number of hydrogen-bond acceptors (Lipinski definition) is 1. The van der Waals surface area contributed by atoms with Crippen LogP contribution in [0.4, 0.5) is 0 Å². The third kappa shape index (κ3) is 1.82. The van der Waals surface area contributed by atoms with Crippen molar-refractivity contribution in [3.63, 3.8) is 0 Å². The molecule has 1 heterocycles. The molecular formula is C9H7ClINS. The molecule has 0 amide bonds. The van der Waals surface area contributed by atoms with Crippen LogP contribution in [0, 0.1) is 0 Å². The van der Waals surface area contributed by atoms with Crippen molar-refractivity contribution in [2.75, 3.05) is 0 Å². The molecule has 0 atom stereocenters. The summed E-state index contributed by atoms with van der Waals surface area (Å²) in [6.07, 6.45) is 2.07. The smallest absolute Gasteiger partial charge is 0.0601 e. The van der Waals surface area contributed by atoms with Crippen LogP contribution in [-0.4, -0.2) is 3.97 Å². The number of hydrogen-bond donors (Lipinski definition) is 0. The van der Waals surface area contributed by atoms with Crippen molar-refractivity contribution in [1.82, 2.24) is 3.97 Å². The molecule has 0 bridgehead atoms. The van der Waals surface area contributed by atoms with E-state index < -0.39 is 0 Å². The van der Waals surface area contributed by atoms with Crippen LogP contribution in [0.25, 0.3) is 10.9 Å². The van der Waals surface area contributed by atoms with Crippen molar-refractivity contribution in [3.8, 4) is 0 Å². The van der Waals surface area contributed by atoms with Crippen molar-refractivity contribution < 1.29 is 0 Å². The maximum atomic E-state index is 5.77. The summed E-state index contributed by atoms with van der Waals surface area (Å²) in [6.45, 7) is 0. The van der Waals surface area contributed by atoms with Gasteiger partial charge in [-0.2, -0.15) is 0 Å². The number of fused-ring (bicyclic) bond motifs is 1. The van der Waals surface area contributed by atoms with E-state index in [1.54, 1.807) is 9.12 Å². The van der Waals surface area contributed by atoms with Gasteiger partial charge in [0.05, 0.1) is 5.52 Å². The number of benzene rings is 1. The number of nitrogens with zero attached hydrogens (tertiary/aromatic N) is 1. The summed E-state index contributed by atoms with van der Waals surface area (Å²) >= 11 is 8.04. The highest BCUT2D eigenvalue weighted by atomic mass is 127. The van der Waals surface area contributed by atoms with Gasteiger partial charge in [0.2, 0.25) is 0 Å². The lowest BCUT2D eigenvalue weighted by Gasteiger charge is -1.99. The van der Waals surface area contributed by atoms with Gasteiger partial charge in [0.25, 0.3) is 0 Å². The standard InChI is InChI=1S/C9H7ClINS/c10-6-7-1-2-8-3-4-12(13-11)9(8)5-7/h1-5H,6H2. The van der Waals surface area contributed by atoms with Gasteiger partial charge in [-0.15, -0.1) is 11.6 Å². The summed E-state index contributed by atoms with van der Waals surface area (Å²) in [4.78, 5) is 0. The predicted molar refractivity (Wildman–Crippen MR) is 68.5 cm³/mol. The maximum absolute atomic E-state index is 5.77. The average molecular weight is 324 g/mol. The zero-order chi connectivity index (χ0) is 9.26. The number of alkyl halides is 1. The van der Waals surface area contributed by atoms with E-state index in [0.717, 1.165) is 0 Å². The Hall–Kier alpha value is 0.130.